The minimum Gasteiger partial charge on any atom is -0.497 e. The first kappa shape index (κ1) is 19.0. The van der Waals surface area contributed by atoms with Crippen molar-refractivity contribution in [3.8, 4) is 5.75 Å². The predicted molar refractivity (Wildman–Crippen MR) is 103 cm³/mol. The van der Waals surface area contributed by atoms with Gasteiger partial charge in [-0.25, -0.2) is 0 Å². The van der Waals surface area contributed by atoms with Gasteiger partial charge in [-0.1, -0.05) is 47.8 Å². The van der Waals surface area contributed by atoms with Crippen molar-refractivity contribution in [1.29, 1.82) is 0 Å². The van der Waals surface area contributed by atoms with E-state index in [1.807, 2.05) is 35.2 Å². The van der Waals surface area contributed by atoms with Crippen molar-refractivity contribution in [3.05, 3.63) is 63.6 Å². The summed E-state index contributed by atoms with van der Waals surface area (Å²) in [7, 11) is 1.62. The van der Waals surface area contributed by atoms with Crippen LogP contribution in [0.4, 0.5) is 0 Å². The lowest BCUT2D eigenvalue weighted by molar-refractivity contribution is -0.145. The van der Waals surface area contributed by atoms with E-state index in [9.17, 15) is 9.90 Å². The highest BCUT2D eigenvalue weighted by atomic mass is 35.5. The monoisotopic (exact) mass is 393 g/mol. The largest absolute Gasteiger partial charge is 0.497 e. The topological polar surface area (TPSA) is 49.8 Å². The normalized spacial score (nSPS) is 19.1. The summed E-state index contributed by atoms with van der Waals surface area (Å²) in [6.45, 7) is 0.692. The number of ether oxygens (including phenoxy) is 1. The van der Waals surface area contributed by atoms with Crippen LogP contribution < -0.4 is 4.74 Å². The Bertz CT molecular complexity index is 796. The number of likely N-dealkylation sites (tertiary alicyclic amines) is 1. The van der Waals surface area contributed by atoms with Crippen molar-refractivity contribution in [3.63, 3.8) is 0 Å². The van der Waals surface area contributed by atoms with Gasteiger partial charge in [0.1, 0.15) is 11.8 Å². The molecule has 0 aliphatic carbocycles. The van der Waals surface area contributed by atoms with Crippen molar-refractivity contribution in [1.82, 2.24) is 4.90 Å². The van der Waals surface area contributed by atoms with Gasteiger partial charge >= 0.3 is 5.97 Å². The maximum atomic E-state index is 11.9. The Morgan fingerprint density at radius 1 is 1.23 bits per heavy atom. The van der Waals surface area contributed by atoms with E-state index in [4.69, 9.17) is 27.9 Å². The number of carbonyl (C=O) groups is 1. The molecule has 138 valence electrons. The zero-order chi connectivity index (χ0) is 18.7. The summed E-state index contributed by atoms with van der Waals surface area (Å²) < 4.78 is 5.36. The molecule has 2 aromatic rings. The number of carboxylic acid groups (broad SMARTS) is 1. The SMILES string of the molecule is COc1cccc(C(c2ccc(Cl)cc2Cl)N2CCCCC2C(=O)O)c1. The standard InChI is InChI=1S/C20H21Cl2NO3/c1-26-15-6-4-5-13(11-15)19(16-9-8-14(21)12-17(16)22)23-10-3-2-7-18(23)20(24)25/h4-6,8-9,11-12,18-19H,2-3,7,10H2,1H3,(H,24,25). The molecule has 0 bridgehead atoms. The summed E-state index contributed by atoms with van der Waals surface area (Å²) >= 11 is 12.6. The zero-order valence-electron chi connectivity index (χ0n) is 14.5. The van der Waals surface area contributed by atoms with Crippen molar-refractivity contribution < 1.29 is 14.6 Å². The van der Waals surface area contributed by atoms with Gasteiger partial charge in [0.05, 0.1) is 13.2 Å². The Morgan fingerprint density at radius 2 is 2.04 bits per heavy atom. The van der Waals surface area contributed by atoms with Crippen molar-refractivity contribution in [2.75, 3.05) is 13.7 Å². The quantitative estimate of drug-likeness (QED) is 0.773. The molecule has 1 heterocycles. The number of benzene rings is 2. The van der Waals surface area contributed by atoms with E-state index >= 15 is 0 Å². The second kappa shape index (κ2) is 8.30. The highest BCUT2D eigenvalue weighted by molar-refractivity contribution is 6.35. The number of carboxylic acids is 1. The third-order valence-electron chi connectivity index (χ3n) is 4.83. The van der Waals surface area contributed by atoms with Crippen molar-refractivity contribution in [2.45, 2.75) is 31.3 Å². The van der Waals surface area contributed by atoms with Crippen LogP contribution >= 0.6 is 23.2 Å². The second-order valence-corrected chi connectivity index (χ2v) is 7.28. The Morgan fingerprint density at radius 3 is 2.73 bits per heavy atom. The fourth-order valence-electron chi connectivity index (χ4n) is 3.61. The fraction of sp³-hybridized carbons (Fsp3) is 0.350. The molecule has 0 spiro atoms. The molecule has 0 amide bonds. The Labute approximate surface area is 163 Å². The number of hydrogen-bond acceptors (Lipinski definition) is 3. The molecule has 2 aromatic carbocycles. The summed E-state index contributed by atoms with van der Waals surface area (Å²) in [5.41, 5.74) is 1.79. The first-order chi connectivity index (χ1) is 12.5. The number of halogens is 2. The van der Waals surface area contributed by atoms with E-state index < -0.39 is 12.0 Å². The van der Waals surface area contributed by atoms with Gasteiger partial charge in [0.2, 0.25) is 0 Å². The lowest BCUT2D eigenvalue weighted by atomic mass is 9.91. The number of piperidine rings is 1. The minimum absolute atomic E-state index is 0.281. The van der Waals surface area contributed by atoms with Crippen LogP contribution in [0, 0.1) is 0 Å². The highest BCUT2D eigenvalue weighted by Gasteiger charge is 2.36. The Hall–Kier alpha value is -1.75. The van der Waals surface area contributed by atoms with E-state index in [-0.39, 0.29) is 6.04 Å². The molecule has 0 saturated carbocycles. The molecule has 1 aliphatic rings. The van der Waals surface area contributed by atoms with Crippen LogP contribution in [0.25, 0.3) is 0 Å². The maximum absolute atomic E-state index is 11.9. The van der Waals surface area contributed by atoms with Crippen LogP contribution in [0.2, 0.25) is 10.0 Å². The molecule has 3 rings (SSSR count). The molecule has 26 heavy (non-hydrogen) atoms. The lowest BCUT2D eigenvalue weighted by Crippen LogP contribution is -2.46. The summed E-state index contributed by atoms with van der Waals surface area (Å²) in [4.78, 5) is 13.9. The summed E-state index contributed by atoms with van der Waals surface area (Å²) in [5, 5.41) is 10.8. The van der Waals surface area contributed by atoms with Crippen LogP contribution in [-0.2, 0) is 4.79 Å². The van der Waals surface area contributed by atoms with Crippen LogP contribution in [0.15, 0.2) is 42.5 Å². The predicted octanol–water partition coefficient (Wildman–Crippen LogP) is 5.03. The highest BCUT2D eigenvalue weighted by Crippen LogP contribution is 2.39. The van der Waals surface area contributed by atoms with Gasteiger partial charge in [-0.2, -0.15) is 0 Å². The molecule has 0 aromatic heterocycles. The molecular weight excluding hydrogens is 373 g/mol. The third kappa shape index (κ3) is 3.98. The smallest absolute Gasteiger partial charge is 0.320 e. The van der Waals surface area contributed by atoms with Gasteiger partial charge in [-0.05, 0) is 54.8 Å². The van der Waals surface area contributed by atoms with Crippen molar-refractivity contribution in [2.24, 2.45) is 0 Å². The fourth-order valence-corrected chi connectivity index (χ4v) is 4.12. The molecule has 1 N–H and O–H groups in total. The molecule has 0 radical (unpaired) electrons. The van der Waals surface area contributed by atoms with Gasteiger partial charge < -0.3 is 9.84 Å². The van der Waals surface area contributed by atoms with Gasteiger partial charge in [0.15, 0.2) is 0 Å². The van der Waals surface area contributed by atoms with Gasteiger partial charge in [0.25, 0.3) is 0 Å². The summed E-state index contributed by atoms with van der Waals surface area (Å²) in [6, 6.07) is 12.2. The van der Waals surface area contributed by atoms with Crippen LogP contribution in [0.1, 0.15) is 36.4 Å². The number of hydrogen-bond donors (Lipinski definition) is 1. The van der Waals surface area contributed by atoms with E-state index in [0.717, 1.165) is 29.7 Å². The van der Waals surface area contributed by atoms with Gasteiger partial charge in [-0.3, -0.25) is 9.69 Å². The van der Waals surface area contributed by atoms with Crippen LogP contribution in [-0.4, -0.2) is 35.7 Å². The average molecular weight is 394 g/mol. The minimum atomic E-state index is -0.803. The number of aliphatic carboxylic acids is 1. The summed E-state index contributed by atoms with van der Waals surface area (Å²) in [5.74, 6) is -0.0795. The lowest BCUT2D eigenvalue weighted by Gasteiger charge is -2.40. The Balaban J connectivity index is 2.13. The molecule has 1 saturated heterocycles. The molecule has 1 fully saturated rings. The molecule has 1 aliphatic heterocycles. The number of methoxy groups -OCH3 is 1. The average Bonchev–Trinajstić information content (AvgIpc) is 2.64. The molecule has 2 unspecified atom stereocenters. The molecular formula is C20H21Cl2NO3. The number of nitrogens with zero attached hydrogens (tertiary/aromatic N) is 1. The molecule has 4 nitrogen and oxygen atoms in total. The van der Waals surface area contributed by atoms with E-state index in [1.165, 1.54) is 0 Å². The van der Waals surface area contributed by atoms with Gasteiger partial charge in [0, 0.05) is 10.0 Å². The van der Waals surface area contributed by atoms with E-state index in [1.54, 1.807) is 19.2 Å². The first-order valence-corrected chi connectivity index (χ1v) is 9.34. The van der Waals surface area contributed by atoms with E-state index in [2.05, 4.69) is 0 Å². The summed E-state index contributed by atoms with van der Waals surface area (Å²) in [6.07, 6.45) is 2.49. The molecule has 2 atom stereocenters. The van der Waals surface area contributed by atoms with Crippen molar-refractivity contribution >= 4 is 29.2 Å². The molecule has 6 heteroatoms. The Kier molecular flexibility index (Phi) is 6.07. The first-order valence-electron chi connectivity index (χ1n) is 8.58. The number of rotatable bonds is 5. The second-order valence-electron chi connectivity index (χ2n) is 6.43. The zero-order valence-corrected chi connectivity index (χ0v) is 16.0. The third-order valence-corrected chi connectivity index (χ3v) is 5.39. The maximum Gasteiger partial charge on any atom is 0.320 e. The van der Waals surface area contributed by atoms with Gasteiger partial charge in [-0.15, -0.1) is 0 Å². The van der Waals surface area contributed by atoms with Crippen LogP contribution in [0.3, 0.4) is 0 Å². The van der Waals surface area contributed by atoms with Crippen LogP contribution in [0.5, 0.6) is 5.75 Å². The van der Waals surface area contributed by atoms with E-state index in [0.29, 0.717) is 23.0 Å².